The molecule has 1 fully saturated rings. The minimum atomic E-state index is -0.234. The Labute approximate surface area is 83.4 Å². The Bertz CT molecular complexity index is 314. The molecule has 0 radical (unpaired) electrons. The monoisotopic (exact) mass is 193 g/mol. The third-order valence-corrected chi connectivity index (χ3v) is 2.77. The van der Waals surface area contributed by atoms with Crippen LogP contribution in [0.15, 0.2) is 24.3 Å². The number of aliphatic hydroxyl groups excluding tert-OH is 2. The van der Waals surface area contributed by atoms with Gasteiger partial charge in [-0.05, 0) is 18.9 Å². The fraction of sp³-hybridized carbons (Fsp3) is 0.455. The molecule has 14 heavy (non-hydrogen) atoms. The van der Waals surface area contributed by atoms with E-state index < -0.39 is 0 Å². The Kier molecular flexibility index (Phi) is 2.70. The molecule has 0 aromatic heterocycles. The maximum atomic E-state index is 9.41. The van der Waals surface area contributed by atoms with Crippen molar-refractivity contribution in [3.63, 3.8) is 0 Å². The first-order chi connectivity index (χ1) is 6.81. The molecule has 1 aliphatic carbocycles. The molecule has 1 aliphatic rings. The van der Waals surface area contributed by atoms with Gasteiger partial charge in [0, 0.05) is 11.3 Å². The van der Waals surface area contributed by atoms with Crippen LogP contribution in [0.4, 0.5) is 5.69 Å². The van der Waals surface area contributed by atoms with Crippen molar-refractivity contribution in [1.29, 1.82) is 0 Å². The predicted molar refractivity (Wildman–Crippen MR) is 55.0 cm³/mol. The first-order valence-electron chi connectivity index (χ1n) is 4.94. The average molecular weight is 193 g/mol. The van der Waals surface area contributed by atoms with Gasteiger partial charge in [0.2, 0.25) is 0 Å². The normalized spacial score (nSPS) is 25.6. The van der Waals surface area contributed by atoms with E-state index in [1.165, 1.54) is 0 Å². The fourth-order valence-electron chi connectivity index (χ4n) is 1.65. The molecule has 1 aromatic carbocycles. The summed E-state index contributed by atoms with van der Waals surface area (Å²) < 4.78 is 0. The highest BCUT2D eigenvalue weighted by Gasteiger charge is 2.28. The molecule has 1 aromatic rings. The van der Waals surface area contributed by atoms with Gasteiger partial charge in [0.1, 0.15) is 0 Å². The van der Waals surface area contributed by atoms with E-state index in [9.17, 15) is 5.11 Å². The van der Waals surface area contributed by atoms with Gasteiger partial charge in [0.15, 0.2) is 0 Å². The number of benzene rings is 1. The van der Waals surface area contributed by atoms with E-state index in [0.29, 0.717) is 0 Å². The van der Waals surface area contributed by atoms with Crippen LogP contribution in [-0.4, -0.2) is 22.4 Å². The zero-order valence-electron chi connectivity index (χ0n) is 7.98. The zero-order chi connectivity index (χ0) is 9.97. The molecule has 3 nitrogen and oxygen atoms in total. The Hall–Kier alpha value is -1.06. The molecule has 3 heteroatoms. The van der Waals surface area contributed by atoms with Crippen LogP contribution in [-0.2, 0) is 6.61 Å². The topological polar surface area (TPSA) is 52.5 Å². The molecule has 0 aliphatic heterocycles. The van der Waals surface area contributed by atoms with Gasteiger partial charge in [0.25, 0.3) is 0 Å². The summed E-state index contributed by atoms with van der Waals surface area (Å²) in [6.45, 7) is 0.0337. The van der Waals surface area contributed by atoms with Gasteiger partial charge in [-0.25, -0.2) is 0 Å². The molecule has 3 N–H and O–H groups in total. The average Bonchev–Trinajstić information content (AvgIpc) is 2.24. The lowest BCUT2D eigenvalue weighted by Gasteiger charge is -2.34. The van der Waals surface area contributed by atoms with Crippen molar-refractivity contribution in [2.24, 2.45) is 0 Å². The summed E-state index contributed by atoms with van der Waals surface area (Å²) in [6, 6.07) is 7.78. The number of hydrogen-bond acceptors (Lipinski definition) is 3. The third kappa shape index (κ3) is 1.74. The van der Waals surface area contributed by atoms with Crippen molar-refractivity contribution < 1.29 is 10.2 Å². The highest BCUT2D eigenvalue weighted by Crippen LogP contribution is 2.25. The molecule has 0 heterocycles. The van der Waals surface area contributed by atoms with Crippen molar-refractivity contribution in [3.05, 3.63) is 29.8 Å². The molecule has 1 saturated carbocycles. The van der Waals surface area contributed by atoms with E-state index in [1.54, 1.807) is 0 Å². The van der Waals surface area contributed by atoms with Gasteiger partial charge >= 0.3 is 0 Å². The van der Waals surface area contributed by atoms with Crippen LogP contribution in [0.5, 0.6) is 0 Å². The molecule has 0 spiro atoms. The van der Waals surface area contributed by atoms with Gasteiger partial charge < -0.3 is 15.5 Å². The van der Waals surface area contributed by atoms with Crippen molar-refractivity contribution in [2.45, 2.75) is 31.6 Å². The van der Waals surface area contributed by atoms with Gasteiger partial charge in [-0.15, -0.1) is 0 Å². The number of anilines is 1. The number of nitrogens with one attached hydrogen (secondary N) is 1. The zero-order valence-corrected chi connectivity index (χ0v) is 7.98. The maximum Gasteiger partial charge on any atom is 0.0741 e. The van der Waals surface area contributed by atoms with Crippen molar-refractivity contribution >= 4 is 5.69 Å². The van der Waals surface area contributed by atoms with E-state index in [-0.39, 0.29) is 18.8 Å². The van der Waals surface area contributed by atoms with Crippen LogP contribution >= 0.6 is 0 Å². The van der Waals surface area contributed by atoms with Crippen molar-refractivity contribution in [3.8, 4) is 0 Å². The van der Waals surface area contributed by atoms with Crippen molar-refractivity contribution in [1.82, 2.24) is 0 Å². The van der Waals surface area contributed by atoms with Gasteiger partial charge in [0.05, 0.1) is 18.8 Å². The van der Waals surface area contributed by atoms with Crippen LogP contribution in [0, 0.1) is 0 Å². The third-order valence-electron chi connectivity index (χ3n) is 2.77. The highest BCUT2D eigenvalue weighted by molar-refractivity contribution is 5.52. The molecule has 2 rings (SSSR count). The van der Waals surface area contributed by atoms with Crippen LogP contribution in [0.1, 0.15) is 18.4 Å². The lowest BCUT2D eigenvalue weighted by molar-refractivity contribution is 0.0785. The summed E-state index contributed by atoms with van der Waals surface area (Å²) in [5.41, 5.74) is 1.81. The predicted octanol–water partition coefficient (Wildman–Crippen LogP) is 1.11. The maximum absolute atomic E-state index is 9.41. The largest absolute Gasteiger partial charge is 0.392 e. The Morgan fingerprint density at radius 1 is 1.29 bits per heavy atom. The summed E-state index contributed by atoms with van der Waals surface area (Å²) in [4.78, 5) is 0. The molecular formula is C11H15NO2. The molecule has 0 amide bonds. The molecule has 2 unspecified atom stereocenters. The van der Waals surface area contributed by atoms with Crippen molar-refractivity contribution in [2.75, 3.05) is 5.32 Å². The minimum Gasteiger partial charge on any atom is -0.392 e. The Morgan fingerprint density at radius 2 is 2.07 bits per heavy atom. The molecular weight excluding hydrogens is 178 g/mol. The smallest absolute Gasteiger partial charge is 0.0741 e. The quantitative estimate of drug-likeness (QED) is 0.674. The van der Waals surface area contributed by atoms with E-state index in [4.69, 9.17) is 5.11 Å². The number of rotatable bonds is 3. The second-order valence-corrected chi connectivity index (χ2v) is 3.71. The van der Waals surface area contributed by atoms with Gasteiger partial charge in [-0.2, -0.15) is 0 Å². The Balaban J connectivity index is 2.07. The van der Waals surface area contributed by atoms with E-state index in [0.717, 1.165) is 24.1 Å². The molecule has 0 saturated heterocycles. The van der Waals surface area contributed by atoms with Gasteiger partial charge in [-0.3, -0.25) is 0 Å². The summed E-state index contributed by atoms with van der Waals surface area (Å²) in [6.07, 6.45) is 1.64. The molecule has 76 valence electrons. The van der Waals surface area contributed by atoms with Gasteiger partial charge in [-0.1, -0.05) is 18.2 Å². The summed E-state index contributed by atoms with van der Waals surface area (Å²) in [5, 5.41) is 21.7. The van der Waals surface area contributed by atoms with E-state index in [1.807, 2.05) is 24.3 Å². The summed E-state index contributed by atoms with van der Waals surface area (Å²) >= 11 is 0. The lowest BCUT2D eigenvalue weighted by atomic mass is 9.89. The Morgan fingerprint density at radius 3 is 2.64 bits per heavy atom. The van der Waals surface area contributed by atoms with E-state index in [2.05, 4.69) is 5.32 Å². The second-order valence-electron chi connectivity index (χ2n) is 3.71. The second kappa shape index (κ2) is 3.98. The van der Waals surface area contributed by atoms with Crippen LogP contribution in [0.3, 0.4) is 0 Å². The number of para-hydroxylation sites is 1. The molecule has 2 atom stereocenters. The number of hydrogen-bond donors (Lipinski definition) is 3. The van der Waals surface area contributed by atoms with Crippen LogP contribution in [0.25, 0.3) is 0 Å². The first-order valence-corrected chi connectivity index (χ1v) is 4.94. The van der Waals surface area contributed by atoms with Crippen LogP contribution < -0.4 is 5.32 Å². The standard InChI is InChI=1S/C11H15NO2/c13-7-8-3-1-2-4-9(8)12-10-5-6-11(10)14/h1-4,10-14H,5-7H2. The minimum absolute atomic E-state index is 0.0337. The highest BCUT2D eigenvalue weighted by atomic mass is 16.3. The summed E-state index contributed by atoms with van der Waals surface area (Å²) in [5.74, 6) is 0. The first kappa shape index (κ1) is 9.49. The fourth-order valence-corrected chi connectivity index (χ4v) is 1.65. The SMILES string of the molecule is OCc1ccccc1NC1CCC1O. The summed E-state index contributed by atoms with van der Waals surface area (Å²) in [7, 11) is 0. The lowest BCUT2D eigenvalue weighted by Crippen LogP contribution is -2.42. The van der Waals surface area contributed by atoms with Crippen LogP contribution in [0.2, 0.25) is 0 Å². The number of aliphatic hydroxyl groups is 2. The van der Waals surface area contributed by atoms with E-state index >= 15 is 0 Å². The molecule has 0 bridgehead atoms.